The zero-order valence-corrected chi connectivity index (χ0v) is 17.0. The summed E-state index contributed by atoms with van der Waals surface area (Å²) in [5, 5.41) is 4.58. The second-order valence-corrected chi connectivity index (χ2v) is 8.37. The predicted molar refractivity (Wildman–Crippen MR) is 110 cm³/mol. The third kappa shape index (κ3) is 4.16. The maximum Gasteiger partial charge on any atom is 0.410 e. The number of fused-ring (bicyclic) bond motifs is 1. The van der Waals surface area contributed by atoms with E-state index in [4.69, 9.17) is 15.5 Å². The Balaban J connectivity index is 1.59. The van der Waals surface area contributed by atoms with Gasteiger partial charge in [0.05, 0.1) is 5.69 Å². The van der Waals surface area contributed by atoms with Gasteiger partial charge in [0.15, 0.2) is 11.5 Å². The maximum atomic E-state index is 12.4. The molecule has 3 aromatic rings. The van der Waals surface area contributed by atoms with Crippen molar-refractivity contribution in [2.45, 2.75) is 45.1 Å². The fourth-order valence-electron chi connectivity index (χ4n) is 3.54. The van der Waals surface area contributed by atoms with Crippen LogP contribution in [-0.4, -0.2) is 49.3 Å². The van der Waals surface area contributed by atoms with Gasteiger partial charge in [-0.15, -0.1) is 5.10 Å². The molecule has 2 N–H and O–H groups in total. The summed E-state index contributed by atoms with van der Waals surface area (Å²) in [5.74, 6) is 1.01. The number of carbonyl (C=O) groups is 1. The van der Waals surface area contributed by atoms with E-state index in [-0.39, 0.29) is 12.0 Å². The number of amides is 1. The number of rotatable bonds is 2. The van der Waals surface area contributed by atoms with Crippen LogP contribution in [0.15, 0.2) is 36.4 Å². The topological polar surface area (TPSA) is 98.6 Å². The average Bonchev–Trinajstić information content (AvgIpc) is 3.12. The molecule has 8 heteroatoms. The molecule has 1 amide bonds. The number of aromatic nitrogens is 4. The van der Waals surface area contributed by atoms with E-state index in [0.29, 0.717) is 30.5 Å². The van der Waals surface area contributed by atoms with E-state index in [9.17, 15) is 4.79 Å². The van der Waals surface area contributed by atoms with E-state index >= 15 is 0 Å². The van der Waals surface area contributed by atoms with Crippen LogP contribution in [0.25, 0.3) is 16.9 Å². The molecular formula is C21H26N6O2. The second kappa shape index (κ2) is 7.35. The SMILES string of the molecule is CC(C)(C)OC(=O)N1CCC[C@@H](c2nc3cc(-c4ccccc4)nc(N)n3n2)C1. The molecular weight excluding hydrogens is 368 g/mol. The average molecular weight is 394 g/mol. The highest BCUT2D eigenvalue weighted by Crippen LogP contribution is 2.27. The lowest BCUT2D eigenvalue weighted by atomic mass is 9.98. The van der Waals surface area contributed by atoms with Crippen LogP contribution in [0, 0.1) is 0 Å². The molecule has 3 heterocycles. The quantitative estimate of drug-likeness (QED) is 0.714. The molecule has 0 radical (unpaired) electrons. The molecule has 8 nitrogen and oxygen atoms in total. The van der Waals surface area contributed by atoms with Crippen LogP contribution in [0.3, 0.4) is 0 Å². The van der Waals surface area contributed by atoms with Gasteiger partial charge in [0, 0.05) is 30.6 Å². The smallest absolute Gasteiger partial charge is 0.410 e. The van der Waals surface area contributed by atoms with Crippen molar-refractivity contribution in [3.05, 3.63) is 42.2 Å². The third-order valence-electron chi connectivity index (χ3n) is 4.87. The van der Waals surface area contributed by atoms with E-state index in [1.54, 1.807) is 9.42 Å². The number of benzene rings is 1. The van der Waals surface area contributed by atoms with Gasteiger partial charge in [-0.25, -0.2) is 14.8 Å². The Labute approximate surface area is 169 Å². The molecule has 4 rings (SSSR count). The normalized spacial score (nSPS) is 17.5. The second-order valence-electron chi connectivity index (χ2n) is 8.37. The molecule has 0 bridgehead atoms. The Kier molecular flexibility index (Phi) is 4.86. The number of ether oxygens (including phenoxy) is 1. The van der Waals surface area contributed by atoms with Gasteiger partial charge in [0.25, 0.3) is 0 Å². The molecule has 0 unspecified atom stereocenters. The number of anilines is 1. The number of carbonyl (C=O) groups excluding carboxylic acids is 1. The van der Waals surface area contributed by atoms with Crippen LogP contribution in [0.2, 0.25) is 0 Å². The van der Waals surface area contributed by atoms with Gasteiger partial charge in [-0.2, -0.15) is 4.52 Å². The summed E-state index contributed by atoms with van der Waals surface area (Å²) >= 11 is 0. The lowest BCUT2D eigenvalue weighted by molar-refractivity contribution is 0.0196. The van der Waals surface area contributed by atoms with Gasteiger partial charge >= 0.3 is 6.09 Å². The molecule has 1 saturated heterocycles. The Hall–Kier alpha value is -3.16. The van der Waals surface area contributed by atoms with Crippen LogP contribution >= 0.6 is 0 Å². The molecule has 0 aliphatic carbocycles. The first kappa shape index (κ1) is 19.2. The monoisotopic (exact) mass is 394 g/mol. The minimum atomic E-state index is -0.515. The number of nitrogens with two attached hydrogens (primary N) is 1. The van der Waals surface area contributed by atoms with Crippen molar-refractivity contribution in [2.75, 3.05) is 18.8 Å². The van der Waals surface area contributed by atoms with Gasteiger partial charge in [-0.05, 0) is 33.6 Å². The Morgan fingerprint density at radius 3 is 2.69 bits per heavy atom. The van der Waals surface area contributed by atoms with Crippen LogP contribution in [-0.2, 0) is 4.74 Å². The zero-order chi connectivity index (χ0) is 20.6. The fraction of sp³-hybridized carbons (Fsp3) is 0.429. The van der Waals surface area contributed by atoms with Crippen LogP contribution in [0.4, 0.5) is 10.7 Å². The molecule has 1 aromatic carbocycles. The minimum Gasteiger partial charge on any atom is -0.444 e. The summed E-state index contributed by atoms with van der Waals surface area (Å²) in [6.07, 6.45) is 1.50. The van der Waals surface area contributed by atoms with Crippen molar-refractivity contribution >= 4 is 17.7 Å². The highest BCUT2D eigenvalue weighted by Gasteiger charge is 2.30. The van der Waals surface area contributed by atoms with E-state index < -0.39 is 5.60 Å². The van der Waals surface area contributed by atoms with Crippen molar-refractivity contribution in [1.82, 2.24) is 24.5 Å². The number of nitrogens with zero attached hydrogens (tertiary/aromatic N) is 5. The molecule has 0 spiro atoms. The first-order chi connectivity index (χ1) is 13.8. The summed E-state index contributed by atoms with van der Waals surface area (Å²) in [7, 11) is 0. The van der Waals surface area contributed by atoms with Crippen LogP contribution in [0.1, 0.15) is 45.4 Å². The molecule has 29 heavy (non-hydrogen) atoms. The molecule has 1 atom stereocenters. The molecule has 1 fully saturated rings. The maximum absolute atomic E-state index is 12.4. The van der Waals surface area contributed by atoms with Crippen molar-refractivity contribution in [1.29, 1.82) is 0 Å². The highest BCUT2D eigenvalue weighted by molar-refractivity contribution is 5.68. The molecule has 1 aliphatic heterocycles. The van der Waals surface area contributed by atoms with E-state index in [2.05, 4.69) is 10.1 Å². The largest absolute Gasteiger partial charge is 0.444 e. The number of piperidine rings is 1. The van der Waals surface area contributed by atoms with Crippen molar-refractivity contribution in [2.24, 2.45) is 0 Å². The summed E-state index contributed by atoms with van der Waals surface area (Å²) < 4.78 is 7.08. The molecule has 2 aromatic heterocycles. The summed E-state index contributed by atoms with van der Waals surface area (Å²) in [6.45, 7) is 6.83. The summed E-state index contributed by atoms with van der Waals surface area (Å²) in [4.78, 5) is 23.4. The van der Waals surface area contributed by atoms with E-state index in [1.165, 1.54) is 0 Å². The van der Waals surface area contributed by atoms with E-state index in [1.807, 2.05) is 57.2 Å². The highest BCUT2D eigenvalue weighted by atomic mass is 16.6. The lowest BCUT2D eigenvalue weighted by Crippen LogP contribution is -2.42. The standard InChI is InChI=1S/C21H26N6O2/c1-21(2,3)29-20(28)26-11-7-10-15(13-26)18-24-17-12-16(14-8-5-4-6-9-14)23-19(22)27(17)25-18/h4-6,8-9,12,15H,7,10-11,13H2,1-3H3,(H2,22,23)/t15-/m1/s1. The Bertz CT molecular complexity index is 1020. The first-order valence-corrected chi connectivity index (χ1v) is 9.87. The number of likely N-dealkylation sites (tertiary alicyclic amines) is 1. The molecule has 152 valence electrons. The minimum absolute atomic E-state index is 0.0377. The summed E-state index contributed by atoms with van der Waals surface area (Å²) in [5.41, 5.74) is 8.02. The Morgan fingerprint density at radius 1 is 1.21 bits per heavy atom. The van der Waals surface area contributed by atoms with Gasteiger partial charge < -0.3 is 15.4 Å². The molecule has 1 aliphatic rings. The lowest BCUT2D eigenvalue weighted by Gasteiger charge is -2.33. The number of nitrogen functional groups attached to an aromatic ring is 1. The van der Waals surface area contributed by atoms with Gasteiger partial charge in [-0.1, -0.05) is 30.3 Å². The zero-order valence-electron chi connectivity index (χ0n) is 17.0. The number of hydrogen-bond acceptors (Lipinski definition) is 6. The number of hydrogen-bond donors (Lipinski definition) is 1. The van der Waals surface area contributed by atoms with Crippen molar-refractivity contribution < 1.29 is 9.53 Å². The van der Waals surface area contributed by atoms with Crippen LogP contribution < -0.4 is 5.73 Å². The predicted octanol–water partition coefficient (Wildman–Crippen LogP) is 3.49. The van der Waals surface area contributed by atoms with Gasteiger partial charge in [-0.3, -0.25) is 0 Å². The van der Waals surface area contributed by atoms with Gasteiger partial charge in [0.2, 0.25) is 5.95 Å². The van der Waals surface area contributed by atoms with Crippen molar-refractivity contribution in [3.8, 4) is 11.3 Å². The Morgan fingerprint density at radius 2 is 1.97 bits per heavy atom. The van der Waals surface area contributed by atoms with Crippen molar-refractivity contribution in [3.63, 3.8) is 0 Å². The third-order valence-corrected chi connectivity index (χ3v) is 4.87. The first-order valence-electron chi connectivity index (χ1n) is 9.87. The summed E-state index contributed by atoms with van der Waals surface area (Å²) in [6, 6.07) is 11.7. The fourth-order valence-corrected chi connectivity index (χ4v) is 3.54. The van der Waals surface area contributed by atoms with Gasteiger partial charge in [0.1, 0.15) is 5.60 Å². The molecule has 0 saturated carbocycles. The van der Waals surface area contributed by atoms with E-state index in [0.717, 1.165) is 24.1 Å². The van der Waals surface area contributed by atoms with Crippen LogP contribution in [0.5, 0.6) is 0 Å².